The number of aromatic amines is 1. The molecule has 6 nitrogen and oxygen atoms in total. The molecule has 0 aliphatic heterocycles. The molecule has 8 heteroatoms. The fourth-order valence-electron chi connectivity index (χ4n) is 1.48. The number of hydrogen-bond acceptors (Lipinski definition) is 3. The Morgan fingerprint density at radius 1 is 1.32 bits per heavy atom. The molecule has 3 N–H and O–H groups in total. The van der Waals surface area contributed by atoms with Crippen LogP contribution in [0.25, 0.3) is 0 Å². The third-order valence-electron chi connectivity index (χ3n) is 2.36. The Labute approximate surface area is 114 Å². The molecule has 1 aromatic heterocycles. The van der Waals surface area contributed by atoms with Crippen molar-refractivity contribution < 1.29 is 18.3 Å². The maximum absolute atomic E-state index is 12.0. The summed E-state index contributed by atoms with van der Waals surface area (Å²) in [7, 11) is -3.88. The van der Waals surface area contributed by atoms with E-state index < -0.39 is 16.0 Å². The van der Waals surface area contributed by atoms with E-state index in [-0.39, 0.29) is 21.2 Å². The third kappa shape index (κ3) is 2.72. The standard InChI is InChI=1S/C11H9ClN2O4S/c12-9-3-1-2-8(11(15)16)10(9)14-19(17,18)7-4-5-13-6-7/h1-6,13-14H,(H,15,16). The molecule has 0 bridgehead atoms. The minimum Gasteiger partial charge on any atom is -0.478 e. The van der Waals surface area contributed by atoms with Crippen LogP contribution >= 0.6 is 11.6 Å². The number of sulfonamides is 1. The molecular weight excluding hydrogens is 292 g/mol. The van der Waals surface area contributed by atoms with Crippen molar-refractivity contribution in [3.8, 4) is 0 Å². The number of carboxylic acids is 1. The van der Waals surface area contributed by atoms with Crippen LogP contribution in [0.3, 0.4) is 0 Å². The van der Waals surface area contributed by atoms with Gasteiger partial charge >= 0.3 is 5.97 Å². The van der Waals surface area contributed by atoms with Crippen LogP contribution in [-0.2, 0) is 10.0 Å². The number of H-pyrrole nitrogens is 1. The minimum absolute atomic E-state index is 0.0104. The van der Waals surface area contributed by atoms with Crippen molar-refractivity contribution in [3.63, 3.8) is 0 Å². The number of hydrogen-bond donors (Lipinski definition) is 3. The van der Waals surface area contributed by atoms with Crippen LogP contribution in [-0.4, -0.2) is 24.5 Å². The van der Waals surface area contributed by atoms with E-state index in [2.05, 4.69) is 9.71 Å². The first-order valence-corrected chi connectivity index (χ1v) is 6.95. The van der Waals surface area contributed by atoms with Crippen LogP contribution in [0.15, 0.2) is 41.6 Å². The number of para-hydroxylation sites is 1. The summed E-state index contributed by atoms with van der Waals surface area (Å²) in [4.78, 5) is 13.6. The molecule has 2 rings (SSSR count). The van der Waals surface area contributed by atoms with Crippen molar-refractivity contribution in [2.75, 3.05) is 4.72 Å². The summed E-state index contributed by atoms with van der Waals surface area (Å²) < 4.78 is 26.2. The molecule has 0 amide bonds. The van der Waals surface area contributed by atoms with E-state index in [9.17, 15) is 13.2 Å². The number of halogens is 1. The molecule has 0 atom stereocenters. The maximum atomic E-state index is 12.0. The van der Waals surface area contributed by atoms with Crippen LogP contribution in [0.5, 0.6) is 0 Å². The van der Waals surface area contributed by atoms with Gasteiger partial charge in [-0.1, -0.05) is 17.7 Å². The first-order chi connectivity index (χ1) is 8.92. The highest BCUT2D eigenvalue weighted by atomic mass is 35.5. The predicted octanol–water partition coefficient (Wildman–Crippen LogP) is 2.17. The second kappa shape index (κ2) is 4.94. The molecule has 100 valence electrons. The minimum atomic E-state index is -3.88. The molecule has 19 heavy (non-hydrogen) atoms. The van der Waals surface area contributed by atoms with Gasteiger partial charge in [0.15, 0.2) is 0 Å². The Morgan fingerprint density at radius 3 is 2.63 bits per heavy atom. The van der Waals surface area contributed by atoms with Crippen molar-refractivity contribution in [3.05, 3.63) is 47.2 Å². The van der Waals surface area contributed by atoms with Gasteiger partial charge < -0.3 is 10.1 Å². The zero-order chi connectivity index (χ0) is 14.0. The first-order valence-electron chi connectivity index (χ1n) is 5.09. The molecule has 1 heterocycles. The van der Waals surface area contributed by atoms with Crippen LogP contribution < -0.4 is 4.72 Å². The van der Waals surface area contributed by atoms with Crippen LogP contribution in [0, 0.1) is 0 Å². The van der Waals surface area contributed by atoms with Gasteiger partial charge in [-0.05, 0) is 18.2 Å². The van der Waals surface area contributed by atoms with Crippen molar-refractivity contribution in [1.82, 2.24) is 4.98 Å². The van der Waals surface area contributed by atoms with Gasteiger partial charge in [0.05, 0.1) is 16.3 Å². The average Bonchev–Trinajstić information content (AvgIpc) is 2.85. The van der Waals surface area contributed by atoms with E-state index in [4.69, 9.17) is 16.7 Å². The molecule has 0 radical (unpaired) electrons. The molecule has 2 aromatic rings. The summed E-state index contributed by atoms with van der Waals surface area (Å²) in [5.41, 5.74) is -0.371. The fourth-order valence-corrected chi connectivity index (χ4v) is 2.83. The van der Waals surface area contributed by atoms with Gasteiger partial charge in [0.2, 0.25) is 0 Å². The van der Waals surface area contributed by atoms with Gasteiger partial charge in [0, 0.05) is 12.4 Å². The van der Waals surface area contributed by atoms with E-state index in [0.29, 0.717) is 0 Å². The SMILES string of the molecule is O=C(O)c1cccc(Cl)c1NS(=O)(=O)c1cc[nH]c1. The molecule has 0 saturated carbocycles. The molecule has 0 aliphatic rings. The lowest BCUT2D eigenvalue weighted by molar-refractivity contribution is 0.0698. The van der Waals surface area contributed by atoms with E-state index >= 15 is 0 Å². The van der Waals surface area contributed by atoms with Gasteiger partial charge in [0.1, 0.15) is 4.90 Å². The number of aromatic carboxylic acids is 1. The van der Waals surface area contributed by atoms with Crippen molar-refractivity contribution in [2.45, 2.75) is 4.90 Å². The van der Waals surface area contributed by atoms with Crippen LogP contribution in [0.1, 0.15) is 10.4 Å². The lowest BCUT2D eigenvalue weighted by atomic mass is 10.2. The predicted molar refractivity (Wildman–Crippen MR) is 70.0 cm³/mol. The van der Waals surface area contributed by atoms with E-state index in [1.807, 2.05) is 0 Å². The average molecular weight is 301 g/mol. The molecule has 0 aliphatic carbocycles. The van der Waals surface area contributed by atoms with Crippen molar-refractivity contribution >= 4 is 33.3 Å². The van der Waals surface area contributed by atoms with Crippen LogP contribution in [0.4, 0.5) is 5.69 Å². The van der Waals surface area contributed by atoms with E-state index in [1.165, 1.54) is 36.7 Å². The lowest BCUT2D eigenvalue weighted by Gasteiger charge is -2.11. The second-order valence-corrected chi connectivity index (χ2v) is 5.71. The third-order valence-corrected chi connectivity index (χ3v) is 4.02. The van der Waals surface area contributed by atoms with Crippen LogP contribution in [0.2, 0.25) is 5.02 Å². The van der Waals surface area contributed by atoms with Crippen molar-refractivity contribution in [2.24, 2.45) is 0 Å². The fraction of sp³-hybridized carbons (Fsp3) is 0. The Bertz CT molecular complexity index is 710. The zero-order valence-corrected chi connectivity index (χ0v) is 11.0. The quantitative estimate of drug-likeness (QED) is 0.805. The normalized spacial score (nSPS) is 11.2. The molecule has 1 aromatic carbocycles. The molecule has 0 spiro atoms. The Hall–Kier alpha value is -1.99. The summed E-state index contributed by atoms with van der Waals surface area (Å²) in [6.07, 6.45) is 2.72. The number of rotatable bonds is 4. The summed E-state index contributed by atoms with van der Waals surface area (Å²) in [6, 6.07) is 5.45. The Kier molecular flexibility index (Phi) is 3.50. The largest absolute Gasteiger partial charge is 0.478 e. The number of benzene rings is 1. The topological polar surface area (TPSA) is 99.3 Å². The highest BCUT2D eigenvalue weighted by Crippen LogP contribution is 2.28. The number of anilines is 1. The summed E-state index contributed by atoms with van der Waals surface area (Å²) >= 11 is 5.84. The number of nitrogens with one attached hydrogen (secondary N) is 2. The Balaban J connectivity index is 2.48. The molecular formula is C11H9ClN2O4S. The highest BCUT2D eigenvalue weighted by Gasteiger charge is 2.20. The van der Waals surface area contributed by atoms with E-state index in [1.54, 1.807) is 0 Å². The van der Waals surface area contributed by atoms with Gasteiger partial charge in [-0.25, -0.2) is 13.2 Å². The van der Waals surface area contributed by atoms with E-state index in [0.717, 1.165) is 0 Å². The summed E-state index contributed by atoms with van der Waals surface area (Å²) in [5, 5.41) is 9.03. The smallest absolute Gasteiger partial charge is 0.337 e. The number of carbonyl (C=O) groups is 1. The second-order valence-electron chi connectivity index (χ2n) is 3.62. The highest BCUT2D eigenvalue weighted by molar-refractivity contribution is 7.92. The summed E-state index contributed by atoms with van der Waals surface area (Å²) in [6.45, 7) is 0. The molecule has 0 unspecified atom stereocenters. The Morgan fingerprint density at radius 2 is 2.05 bits per heavy atom. The maximum Gasteiger partial charge on any atom is 0.337 e. The summed E-state index contributed by atoms with van der Waals surface area (Å²) in [5.74, 6) is -1.27. The first kappa shape index (κ1) is 13.4. The van der Waals surface area contributed by atoms with Gasteiger partial charge in [-0.3, -0.25) is 4.72 Å². The monoisotopic (exact) mass is 300 g/mol. The number of aromatic nitrogens is 1. The number of carboxylic acid groups (broad SMARTS) is 1. The van der Waals surface area contributed by atoms with Gasteiger partial charge in [-0.15, -0.1) is 0 Å². The molecule has 0 fully saturated rings. The van der Waals surface area contributed by atoms with Gasteiger partial charge in [0.25, 0.3) is 10.0 Å². The van der Waals surface area contributed by atoms with Gasteiger partial charge in [-0.2, -0.15) is 0 Å². The van der Waals surface area contributed by atoms with Crippen molar-refractivity contribution in [1.29, 1.82) is 0 Å². The lowest BCUT2D eigenvalue weighted by Crippen LogP contribution is -2.15. The molecule has 0 saturated heterocycles. The zero-order valence-electron chi connectivity index (χ0n) is 9.42.